The smallest absolute Gasteiger partial charge is 0.223 e. The lowest BCUT2D eigenvalue weighted by molar-refractivity contribution is -0.131. The Hall–Kier alpha value is -2.02. The first kappa shape index (κ1) is 18.8. The fourth-order valence-corrected chi connectivity index (χ4v) is 3.50. The Bertz CT molecular complexity index is 786. The fraction of sp³-hybridized carbons (Fsp3) is 0.421. The topological polar surface area (TPSA) is 49.3 Å². The van der Waals surface area contributed by atoms with Gasteiger partial charge in [-0.05, 0) is 38.0 Å². The van der Waals surface area contributed by atoms with Crippen LogP contribution >= 0.6 is 15.9 Å². The van der Waals surface area contributed by atoms with Crippen LogP contribution < -0.4 is 4.90 Å². The molecule has 0 N–H and O–H groups in total. The van der Waals surface area contributed by atoms with Crippen molar-refractivity contribution in [1.82, 2.24) is 14.9 Å². The molecule has 1 fully saturated rings. The molecule has 1 aliphatic rings. The van der Waals surface area contributed by atoms with E-state index >= 15 is 0 Å². The molecule has 2 heterocycles. The van der Waals surface area contributed by atoms with Gasteiger partial charge in [0.2, 0.25) is 5.91 Å². The third kappa shape index (κ3) is 4.58. The van der Waals surface area contributed by atoms with Crippen LogP contribution in [0.3, 0.4) is 0 Å². The number of hydrogen-bond acceptors (Lipinski definition) is 4. The lowest BCUT2D eigenvalue weighted by Gasteiger charge is -2.35. The summed E-state index contributed by atoms with van der Waals surface area (Å²) in [4.78, 5) is 25.3. The maximum absolute atomic E-state index is 13.9. The number of carbonyl (C=O) groups excluding carboxylic acids is 1. The highest BCUT2D eigenvalue weighted by atomic mass is 79.9. The van der Waals surface area contributed by atoms with E-state index in [1.165, 1.54) is 6.07 Å². The van der Waals surface area contributed by atoms with Crippen molar-refractivity contribution in [3.05, 3.63) is 51.6 Å². The second-order valence-corrected chi connectivity index (χ2v) is 7.43. The number of amides is 1. The van der Waals surface area contributed by atoms with E-state index in [4.69, 9.17) is 0 Å². The zero-order valence-electron chi connectivity index (χ0n) is 15.0. The second kappa shape index (κ2) is 8.12. The van der Waals surface area contributed by atoms with Gasteiger partial charge in [-0.25, -0.2) is 14.4 Å². The van der Waals surface area contributed by atoms with Crippen molar-refractivity contribution >= 4 is 27.7 Å². The molecule has 2 aromatic rings. The van der Waals surface area contributed by atoms with Gasteiger partial charge in [0, 0.05) is 48.8 Å². The van der Waals surface area contributed by atoms with Gasteiger partial charge in [0.25, 0.3) is 0 Å². The number of aromatic nitrogens is 2. The minimum atomic E-state index is -0.272. The number of hydrogen-bond donors (Lipinski definition) is 0. The highest BCUT2D eigenvalue weighted by Gasteiger charge is 2.22. The molecule has 0 aliphatic carbocycles. The van der Waals surface area contributed by atoms with Gasteiger partial charge in [0.05, 0.1) is 0 Å². The molecule has 0 spiro atoms. The summed E-state index contributed by atoms with van der Waals surface area (Å²) in [6.45, 7) is 6.65. The Morgan fingerprint density at radius 3 is 2.54 bits per heavy atom. The first-order valence-electron chi connectivity index (χ1n) is 8.71. The van der Waals surface area contributed by atoms with E-state index in [1.807, 2.05) is 24.8 Å². The van der Waals surface area contributed by atoms with Crippen LogP contribution in [0.1, 0.15) is 23.5 Å². The summed E-state index contributed by atoms with van der Waals surface area (Å²) in [7, 11) is 0. The van der Waals surface area contributed by atoms with Gasteiger partial charge in [-0.1, -0.05) is 22.0 Å². The number of carbonyl (C=O) groups is 1. The molecule has 0 radical (unpaired) electrons. The van der Waals surface area contributed by atoms with Gasteiger partial charge in [0.15, 0.2) is 0 Å². The summed E-state index contributed by atoms with van der Waals surface area (Å²) in [6, 6.07) is 6.93. The van der Waals surface area contributed by atoms with Crippen LogP contribution in [0.2, 0.25) is 0 Å². The Kier molecular flexibility index (Phi) is 5.86. The lowest BCUT2D eigenvalue weighted by Crippen LogP contribution is -2.49. The van der Waals surface area contributed by atoms with E-state index in [9.17, 15) is 9.18 Å². The Balaban J connectivity index is 1.53. The molecule has 3 rings (SSSR count). The molecule has 7 heteroatoms. The third-order valence-electron chi connectivity index (χ3n) is 4.53. The van der Waals surface area contributed by atoms with E-state index in [0.717, 1.165) is 30.4 Å². The fourth-order valence-electron chi connectivity index (χ4n) is 3.17. The Morgan fingerprint density at radius 1 is 1.15 bits per heavy atom. The summed E-state index contributed by atoms with van der Waals surface area (Å²) in [5.41, 5.74) is 1.52. The summed E-state index contributed by atoms with van der Waals surface area (Å²) in [5.74, 6) is 1.47. The standard InChI is InChI=1S/C19H22BrFN4O/c1-13-11-18(23-14(2)22-13)24-7-9-25(10-8-24)19(26)6-4-15-3-5-16(20)12-17(15)21/h3,5,11-12H,4,6-10H2,1-2H3. The number of piperazine rings is 1. The average Bonchev–Trinajstić information content (AvgIpc) is 2.60. The van der Waals surface area contributed by atoms with Crippen molar-refractivity contribution in [2.24, 2.45) is 0 Å². The molecule has 0 atom stereocenters. The zero-order chi connectivity index (χ0) is 18.7. The minimum absolute atomic E-state index is 0.0713. The summed E-state index contributed by atoms with van der Waals surface area (Å²) >= 11 is 3.24. The largest absolute Gasteiger partial charge is 0.353 e. The Morgan fingerprint density at radius 2 is 1.88 bits per heavy atom. The highest BCUT2D eigenvalue weighted by Crippen LogP contribution is 2.18. The predicted octanol–water partition coefficient (Wildman–Crippen LogP) is 3.28. The van der Waals surface area contributed by atoms with Crippen LogP contribution in [0.25, 0.3) is 0 Å². The number of benzene rings is 1. The molecule has 1 aromatic heterocycles. The van der Waals surface area contributed by atoms with E-state index in [-0.39, 0.29) is 11.7 Å². The van der Waals surface area contributed by atoms with Gasteiger partial charge >= 0.3 is 0 Å². The number of nitrogens with zero attached hydrogens (tertiary/aromatic N) is 4. The number of aryl methyl sites for hydroxylation is 3. The summed E-state index contributed by atoms with van der Waals surface area (Å²) < 4.78 is 14.6. The van der Waals surface area contributed by atoms with E-state index < -0.39 is 0 Å². The molecule has 1 aliphatic heterocycles. The van der Waals surface area contributed by atoms with E-state index in [2.05, 4.69) is 30.8 Å². The Labute approximate surface area is 161 Å². The van der Waals surface area contributed by atoms with Crippen molar-refractivity contribution in [3.8, 4) is 0 Å². The molecule has 1 aromatic carbocycles. The molecule has 26 heavy (non-hydrogen) atoms. The molecule has 0 saturated carbocycles. The van der Waals surface area contributed by atoms with Crippen molar-refractivity contribution in [2.75, 3.05) is 31.1 Å². The maximum Gasteiger partial charge on any atom is 0.223 e. The number of halogens is 2. The molecular weight excluding hydrogens is 399 g/mol. The van der Waals surface area contributed by atoms with Crippen molar-refractivity contribution in [1.29, 1.82) is 0 Å². The van der Waals surface area contributed by atoms with Gasteiger partial charge in [0.1, 0.15) is 17.5 Å². The zero-order valence-corrected chi connectivity index (χ0v) is 16.6. The SMILES string of the molecule is Cc1cc(N2CCN(C(=O)CCc3ccc(Br)cc3F)CC2)nc(C)n1. The summed E-state index contributed by atoms with van der Waals surface area (Å²) in [5, 5.41) is 0. The van der Waals surface area contributed by atoms with Crippen LogP contribution in [0, 0.1) is 19.7 Å². The van der Waals surface area contributed by atoms with Gasteiger partial charge in [-0.3, -0.25) is 4.79 Å². The first-order chi connectivity index (χ1) is 12.4. The van der Waals surface area contributed by atoms with Gasteiger partial charge < -0.3 is 9.80 Å². The molecule has 5 nitrogen and oxygen atoms in total. The maximum atomic E-state index is 13.9. The van der Waals surface area contributed by atoms with E-state index in [0.29, 0.717) is 36.0 Å². The van der Waals surface area contributed by atoms with Crippen LogP contribution in [-0.2, 0) is 11.2 Å². The highest BCUT2D eigenvalue weighted by molar-refractivity contribution is 9.10. The quantitative estimate of drug-likeness (QED) is 0.761. The van der Waals surface area contributed by atoms with Crippen LogP contribution in [0.15, 0.2) is 28.7 Å². The average molecular weight is 421 g/mol. The van der Waals surface area contributed by atoms with Crippen molar-refractivity contribution < 1.29 is 9.18 Å². The van der Waals surface area contributed by atoms with Crippen molar-refractivity contribution in [3.63, 3.8) is 0 Å². The van der Waals surface area contributed by atoms with Gasteiger partial charge in [-0.2, -0.15) is 0 Å². The molecular formula is C19H22BrFN4O. The molecule has 1 saturated heterocycles. The predicted molar refractivity (Wildman–Crippen MR) is 103 cm³/mol. The van der Waals surface area contributed by atoms with Gasteiger partial charge in [-0.15, -0.1) is 0 Å². The van der Waals surface area contributed by atoms with Crippen LogP contribution in [-0.4, -0.2) is 47.0 Å². The van der Waals surface area contributed by atoms with Crippen molar-refractivity contribution in [2.45, 2.75) is 26.7 Å². The normalized spacial score (nSPS) is 14.6. The van der Waals surface area contributed by atoms with Crippen LogP contribution in [0.4, 0.5) is 10.2 Å². The number of anilines is 1. The number of rotatable bonds is 4. The molecule has 0 unspecified atom stereocenters. The second-order valence-electron chi connectivity index (χ2n) is 6.52. The summed E-state index contributed by atoms with van der Waals surface area (Å²) in [6.07, 6.45) is 0.743. The minimum Gasteiger partial charge on any atom is -0.353 e. The van der Waals surface area contributed by atoms with Crippen LogP contribution in [0.5, 0.6) is 0 Å². The molecule has 138 valence electrons. The lowest BCUT2D eigenvalue weighted by atomic mass is 10.1. The monoisotopic (exact) mass is 420 g/mol. The first-order valence-corrected chi connectivity index (χ1v) is 9.50. The molecule has 1 amide bonds. The van der Waals surface area contributed by atoms with E-state index in [1.54, 1.807) is 12.1 Å². The third-order valence-corrected chi connectivity index (χ3v) is 5.03. The molecule has 0 bridgehead atoms.